The number of aromatic amines is 1. The molecule has 1 fully saturated rings. The van der Waals surface area contributed by atoms with Crippen LogP contribution in [-0.2, 0) is 17.6 Å². The molecule has 3 amide bonds. The number of carbonyl (C=O) groups excluding carboxylic acids is 2. The van der Waals surface area contributed by atoms with Crippen LogP contribution in [0.3, 0.4) is 0 Å². The number of H-pyrrole nitrogens is 1. The maximum atomic E-state index is 14.3. The number of piperidine rings is 1. The first kappa shape index (κ1) is 18.4. The Hall–Kier alpha value is -2.97. The Kier molecular flexibility index (Phi) is 4.97. The highest BCUT2D eigenvalue weighted by atomic mass is 19.1. The van der Waals surface area contributed by atoms with Crippen LogP contribution in [0.1, 0.15) is 49.3 Å². The van der Waals surface area contributed by atoms with Gasteiger partial charge in [0.05, 0.1) is 5.69 Å². The largest absolute Gasteiger partial charge is 0.326 e. The fourth-order valence-electron chi connectivity index (χ4n) is 3.68. The number of amides is 3. The van der Waals surface area contributed by atoms with Gasteiger partial charge in [-0.1, -0.05) is 6.92 Å². The summed E-state index contributed by atoms with van der Waals surface area (Å²) >= 11 is 0. The molecule has 0 radical (unpaired) electrons. The molecular weight excluding hydrogens is 363 g/mol. The third kappa shape index (κ3) is 3.69. The highest BCUT2D eigenvalue weighted by Crippen LogP contribution is 2.30. The van der Waals surface area contributed by atoms with E-state index in [1.807, 2.05) is 6.92 Å². The van der Waals surface area contributed by atoms with E-state index in [1.54, 1.807) is 11.0 Å². The minimum Gasteiger partial charge on any atom is -0.326 e. The number of nitrogens with one attached hydrogen (secondary N) is 3. The zero-order valence-electron chi connectivity index (χ0n) is 15.7. The number of nitrogens with zero attached hydrogens (tertiary/aromatic N) is 3. The second-order valence-corrected chi connectivity index (χ2v) is 7.22. The molecule has 0 bridgehead atoms. The predicted molar refractivity (Wildman–Crippen MR) is 102 cm³/mol. The third-order valence-corrected chi connectivity index (χ3v) is 5.36. The number of benzene rings is 1. The Morgan fingerprint density at radius 2 is 2.11 bits per heavy atom. The van der Waals surface area contributed by atoms with E-state index in [1.165, 1.54) is 6.07 Å². The van der Waals surface area contributed by atoms with Crippen LogP contribution in [0.25, 0.3) is 0 Å². The number of likely N-dealkylation sites (tertiary alicyclic amines) is 1. The number of hydrogen-bond acceptors (Lipinski definition) is 4. The van der Waals surface area contributed by atoms with E-state index in [9.17, 15) is 14.0 Å². The Labute approximate surface area is 161 Å². The van der Waals surface area contributed by atoms with Gasteiger partial charge in [0.25, 0.3) is 0 Å². The molecule has 9 heteroatoms. The van der Waals surface area contributed by atoms with Crippen molar-refractivity contribution in [1.29, 1.82) is 0 Å². The summed E-state index contributed by atoms with van der Waals surface area (Å²) in [7, 11) is 0. The lowest BCUT2D eigenvalue weighted by Gasteiger charge is -2.31. The Morgan fingerprint density at radius 3 is 2.82 bits per heavy atom. The van der Waals surface area contributed by atoms with Gasteiger partial charge < -0.3 is 15.5 Å². The van der Waals surface area contributed by atoms with Crippen molar-refractivity contribution in [3.63, 3.8) is 0 Å². The second kappa shape index (κ2) is 7.57. The van der Waals surface area contributed by atoms with Crippen molar-refractivity contribution in [3.05, 3.63) is 35.2 Å². The average Bonchev–Trinajstić information content (AvgIpc) is 3.18. The minimum atomic E-state index is -0.558. The van der Waals surface area contributed by atoms with Crippen molar-refractivity contribution >= 4 is 23.3 Å². The zero-order chi connectivity index (χ0) is 19.7. The van der Waals surface area contributed by atoms with E-state index in [4.69, 9.17) is 0 Å². The molecule has 0 unspecified atom stereocenters. The van der Waals surface area contributed by atoms with Gasteiger partial charge in [-0.25, -0.2) is 14.2 Å². The summed E-state index contributed by atoms with van der Waals surface area (Å²) in [6.45, 7) is 3.15. The van der Waals surface area contributed by atoms with Gasteiger partial charge in [-0.2, -0.15) is 5.10 Å². The fraction of sp³-hybridized carbons (Fsp3) is 0.474. The zero-order valence-corrected chi connectivity index (χ0v) is 15.7. The molecule has 0 atom stereocenters. The molecule has 2 aliphatic rings. The summed E-state index contributed by atoms with van der Waals surface area (Å²) in [5.74, 6) is 1.22. The number of carbonyl (C=O) groups is 2. The van der Waals surface area contributed by atoms with Crippen molar-refractivity contribution in [2.24, 2.45) is 0 Å². The van der Waals surface area contributed by atoms with Gasteiger partial charge in [0.1, 0.15) is 11.6 Å². The Morgan fingerprint density at radius 1 is 1.32 bits per heavy atom. The Bertz CT molecular complexity index is 904. The van der Waals surface area contributed by atoms with Gasteiger partial charge in [0.15, 0.2) is 5.82 Å². The summed E-state index contributed by atoms with van der Waals surface area (Å²) in [6.07, 6.45) is 3.25. The van der Waals surface area contributed by atoms with Crippen LogP contribution >= 0.6 is 0 Å². The fourth-order valence-corrected chi connectivity index (χ4v) is 3.68. The van der Waals surface area contributed by atoms with Gasteiger partial charge in [-0.05, 0) is 37.0 Å². The normalized spacial score (nSPS) is 17.2. The lowest BCUT2D eigenvalue weighted by atomic mass is 9.96. The summed E-state index contributed by atoms with van der Waals surface area (Å²) in [6, 6.07) is 2.55. The van der Waals surface area contributed by atoms with Gasteiger partial charge in [-0.15, -0.1) is 0 Å². The molecule has 1 aromatic carbocycles. The molecule has 4 rings (SSSR count). The lowest BCUT2D eigenvalue weighted by molar-refractivity contribution is -0.116. The molecule has 0 aliphatic carbocycles. The van der Waals surface area contributed by atoms with Crippen LogP contribution in [0.4, 0.5) is 20.6 Å². The van der Waals surface area contributed by atoms with Gasteiger partial charge >= 0.3 is 6.03 Å². The lowest BCUT2D eigenvalue weighted by Crippen LogP contribution is -2.40. The first-order chi connectivity index (χ1) is 13.5. The van der Waals surface area contributed by atoms with Crippen molar-refractivity contribution < 1.29 is 14.0 Å². The number of aromatic nitrogens is 3. The smallest absolute Gasteiger partial charge is 0.321 e. The second-order valence-electron chi connectivity index (χ2n) is 7.22. The van der Waals surface area contributed by atoms with Crippen LogP contribution in [0.2, 0.25) is 0 Å². The standard InChI is InChI=1S/C19H23FN6O2/c1-2-16-23-18(25-24-16)11-5-7-26(8-6-11)19(28)22-15-9-12-3-4-17(27)21-14(12)10-13(15)20/h9-11H,2-8H2,1H3,(H,21,27)(H,22,28)(H,23,24,25). The van der Waals surface area contributed by atoms with E-state index in [2.05, 4.69) is 25.8 Å². The maximum Gasteiger partial charge on any atom is 0.321 e. The molecule has 1 saturated heterocycles. The molecule has 0 spiro atoms. The van der Waals surface area contributed by atoms with Crippen molar-refractivity contribution in [3.8, 4) is 0 Å². The molecule has 0 saturated carbocycles. The summed E-state index contributed by atoms with van der Waals surface area (Å²) in [5.41, 5.74) is 1.44. The van der Waals surface area contributed by atoms with Gasteiger partial charge in [0, 0.05) is 37.5 Å². The summed E-state index contributed by atoms with van der Waals surface area (Å²) in [4.78, 5) is 30.2. The number of fused-ring (bicyclic) bond motifs is 1. The van der Waals surface area contributed by atoms with E-state index in [-0.39, 0.29) is 23.5 Å². The Balaban J connectivity index is 1.38. The van der Waals surface area contributed by atoms with Crippen LogP contribution < -0.4 is 10.6 Å². The van der Waals surface area contributed by atoms with E-state index >= 15 is 0 Å². The highest BCUT2D eigenvalue weighted by Gasteiger charge is 2.27. The maximum absolute atomic E-state index is 14.3. The first-order valence-corrected chi connectivity index (χ1v) is 9.63. The molecule has 2 aliphatic heterocycles. The first-order valence-electron chi connectivity index (χ1n) is 9.63. The van der Waals surface area contributed by atoms with Crippen LogP contribution in [0.5, 0.6) is 0 Å². The summed E-state index contributed by atoms with van der Waals surface area (Å²) in [5, 5.41) is 12.5. The van der Waals surface area contributed by atoms with Gasteiger partial charge in [0.2, 0.25) is 5.91 Å². The predicted octanol–water partition coefficient (Wildman–Crippen LogP) is 2.80. The number of anilines is 2. The highest BCUT2D eigenvalue weighted by molar-refractivity contribution is 5.95. The molecular formula is C19H23FN6O2. The topological polar surface area (TPSA) is 103 Å². The van der Waals surface area contributed by atoms with Crippen molar-refractivity contribution in [2.45, 2.75) is 44.9 Å². The monoisotopic (exact) mass is 386 g/mol. The van der Waals surface area contributed by atoms with Crippen LogP contribution in [0.15, 0.2) is 12.1 Å². The van der Waals surface area contributed by atoms with E-state index in [0.717, 1.165) is 36.5 Å². The van der Waals surface area contributed by atoms with Crippen molar-refractivity contribution in [2.75, 3.05) is 23.7 Å². The molecule has 2 aromatic rings. The quantitative estimate of drug-likeness (QED) is 0.755. The molecule has 3 heterocycles. The third-order valence-electron chi connectivity index (χ3n) is 5.36. The molecule has 3 N–H and O–H groups in total. The molecule has 1 aromatic heterocycles. The number of hydrogen-bond donors (Lipinski definition) is 3. The molecule has 28 heavy (non-hydrogen) atoms. The number of urea groups is 1. The minimum absolute atomic E-state index is 0.121. The average molecular weight is 386 g/mol. The number of halogens is 1. The molecule has 148 valence electrons. The van der Waals surface area contributed by atoms with Crippen molar-refractivity contribution in [1.82, 2.24) is 20.1 Å². The molecule has 8 nitrogen and oxygen atoms in total. The SMILES string of the molecule is CCc1nc(C2CCN(C(=O)Nc3cc4c(cc3F)NC(=O)CC4)CC2)n[nH]1. The van der Waals surface area contributed by atoms with Crippen LogP contribution in [0, 0.1) is 5.82 Å². The summed E-state index contributed by atoms with van der Waals surface area (Å²) < 4.78 is 14.3. The van der Waals surface area contributed by atoms with E-state index in [0.29, 0.717) is 31.6 Å². The van der Waals surface area contributed by atoms with Gasteiger partial charge in [-0.3, -0.25) is 9.89 Å². The van der Waals surface area contributed by atoms with Crippen LogP contribution in [-0.4, -0.2) is 45.1 Å². The number of rotatable bonds is 3. The number of aryl methyl sites for hydroxylation is 2. The van der Waals surface area contributed by atoms with E-state index < -0.39 is 5.82 Å².